The number of thioether (sulfide) groups is 4. The molecule has 0 aromatic carbocycles. The van der Waals surface area contributed by atoms with Crippen LogP contribution in [0, 0.1) is 11.3 Å². The van der Waals surface area contributed by atoms with E-state index in [2.05, 4.69) is 10.6 Å². The third-order valence-electron chi connectivity index (χ3n) is 12.4. The molecule has 4 heterocycles. The minimum absolute atomic E-state index is 0.0917. The molecule has 0 aromatic heterocycles. The van der Waals surface area contributed by atoms with Crippen LogP contribution in [0.4, 0.5) is 0 Å². The van der Waals surface area contributed by atoms with E-state index in [0.717, 1.165) is 0 Å². The predicted molar refractivity (Wildman–Crippen MR) is 265 cm³/mol. The molecule has 71 heavy (non-hydrogen) atoms. The van der Waals surface area contributed by atoms with Crippen LogP contribution in [0.1, 0.15) is 26.2 Å². The lowest BCUT2D eigenvalue weighted by molar-refractivity contribution is -0.260. The van der Waals surface area contributed by atoms with Crippen LogP contribution in [0.15, 0.2) is 0 Å². The van der Waals surface area contributed by atoms with Crippen molar-refractivity contribution in [1.82, 2.24) is 10.6 Å². The van der Waals surface area contributed by atoms with E-state index >= 15 is 0 Å². The fraction of sp³-hybridized carbons (Fsp3) is 0.976. The molecule has 0 amide bonds. The topological polar surface area (TPSA) is 392 Å². The number of rotatable bonds is 31. The number of ether oxygens (including phenoxy) is 7. The molecule has 20 atom stereocenters. The summed E-state index contributed by atoms with van der Waals surface area (Å²) in [5.41, 5.74) is -3.60. The van der Waals surface area contributed by atoms with Gasteiger partial charge in [-0.05, 0) is 48.7 Å². The normalized spacial score (nSPS) is 38.7. The molecule has 4 aliphatic heterocycles. The summed E-state index contributed by atoms with van der Waals surface area (Å²) < 4.78 is 41.0. The lowest BCUT2D eigenvalue weighted by Crippen LogP contribution is -2.57. The molecular weight excluding hydrogens is 1040 g/mol. The standard InChI is InChI=1S/C42H78N2O22S5/c1-21-25(63-37(59)33(55)26(21)48)16-68-12-5-43-41(67)44-17-42(18-60-6-2-9-69-38-34(56)30(52)27(49)22(13-45)64-38,19-61-7-3-10-70-39-35(57)31(53)28(50)23(14-46)65-39)20-62-8-4-11-71-40-36(58)32(54)29(51)24(15-47)66-40/h21-40,45-59H,2-20H2,1H3,(H2,43,44,67)/t21-,22?,23?,24?,25?,26?,27-,28-,29-,30?,31?,32?,33+,34+,35+,36+,37+,38+,39+,40+,42?/m1/s1. The molecule has 0 aromatic rings. The first kappa shape index (κ1) is 63.7. The zero-order chi connectivity index (χ0) is 52.3. The van der Waals surface area contributed by atoms with Crippen LogP contribution in [0.5, 0.6) is 0 Å². The summed E-state index contributed by atoms with van der Waals surface area (Å²) in [5.74, 6) is 1.87. The quantitative estimate of drug-likeness (QED) is 0.0227. The first-order chi connectivity index (χ1) is 33.9. The van der Waals surface area contributed by atoms with E-state index in [0.29, 0.717) is 59.7 Å². The van der Waals surface area contributed by atoms with Crippen LogP contribution in [0.3, 0.4) is 0 Å². The highest BCUT2D eigenvalue weighted by Crippen LogP contribution is 2.32. The molecule has 29 heteroatoms. The van der Waals surface area contributed by atoms with Gasteiger partial charge < -0.3 is 120 Å². The Morgan fingerprint density at radius 3 is 1.27 bits per heavy atom. The molecule has 4 saturated heterocycles. The van der Waals surface area contributed by atoms with Crippen molar-refractivity contribution in [2.45, 2.75) is 140 Å². The summed E-state index contributed by atoms with van der Waals surface area (Å²) in [4.78, 5) is 0. The van der Waals surface area contributed by atoms with Crippen LogP contribution >= 0.6 is 59.3 Å². The lowest BCUT2D eigenvalue weighted by atomic mass is 9.90. The van der Waals surface area contributed by atoms with Gasteiger partial charge in [-0.15, -0.1) is 35.3 Å². The summed E-state index contributed by atoms with van der Waals surface area (Å²) in [7, 11) is 0. The van der Waals surface area contributed by atoms with E-state index in [1.54, 1.807) is 6.92 Å². The first-order valence-corrected chi connectivity index (χ1v) is 28.4. The van der Waals surface area contributed by atoms with Gasteiger partial charge in [-0.1, -0.05) is 6.92 Å². The Bertz CT molecular complexity index is 1360. The second-order valence-corrected chi connectivity index (χ2v) is 23.2. The van der Waals surface area contributed by atoms with Crippen molar-refractivity contribution in [3.63, 3.8) is 0 Å². The molecule has 0 radical (unpaired) electrons. The van der Waals surface area contributed by atoms with Crippen molar-refractivity contribution in [2.24, 2.45) is 11.3 Å². The average molecular weight is 1120 g/mol. The summed E-state index contributed by atoms with van der Waals surface area (Å²) in [6.07, 6.45) is -19.3. The van der Waals surface area contributed by atoms with Crippen LogP contribution in [-0.2, 0) is 33.2 Å². The third kappa shape index (κ3) is 19.3. The number of aliphatic hydroxyl groups is 15. The van der Waals surface area contributed by atoms with Crippen LogP contribution in [0.2, 0.25) is 0 Å². The number of hydrogen-bond donors (Lipinski definition) is 17. The molecule has 418 valence electrons. The molecule has 0 saturated carbocycles. The monoisotopic (exact) mass is 1120 g/mol. The van der Waals surface area contributed by atoms with E-state index in [-0.39, 0.29) is 46.2 Å². The highest BCUT2D eigenvalue weighted by atomic mass is 32.2. The molecule has 0 spiro atoms. The van der Waals surface area contributed by atoms with E-state index in [4.69, 9.17) is 45.4 Å². The second-order valence-electron chi connectivity index (χ2n) is 18.0. The Morgan fingerprint density at radius 1 is 0.493 bits per heavy atom. The maximum absolute atomic E-state index is 10.5. The number of nitrogens with one attached hydrogen (secondary N) is 2. The number of hydrogen-bond acceptors (Lipinski definition) is 27. The van der Waals surface area contributed by atoms with Crippen molar-refractivity contribution >= 4 is 64.4 Å². The molecule has 4 aliphatic rings. The summed E-state index contributed by atoms with van der Waals surface area (Å²) in [6.45, 7) is 1.70. The van der Waals surface area contributed by atoms with Crippen LogP contribution < -0.4 is 10.6 Å². The van der Waals surface area contributed by atoms with Gasteiger partial charge in [0.2, 0.25) is 0 Å². The van der Waals surface area contributed by atoms with Gasteiger partial charge in [0.25, 0.3) is 0 Å². The summed E-state index contributed by atoms with van der Waals surface area (Å²) in [5, 5.41) is 158. The molecule has 17 N–H and O–H groups in total. The molecular formula is C42H78N2O22S5. The lowest BCUT2D eigenvalue weighted by Gasteiger charge is -2.39. The van der Waals surface area contributed by atoms with E-state index < -0.39 is 145 Å². The van der Waals surface area contributed by atoms with Gasteiger partial charge in [0.15, 0.2) is 11.4 Å². The zero-order valence-electron chi connectivity index (χ0n) is 39.6. The van der Waals surface area contributed by atoms with Gasteiger partial charge in [-0.3, -0.25) is 0 Å². The minimum Gasteiger partial charge on any atom is -0.394 e. The van der Waals surface area contributed by atoms with Gasteiger partial charge in [-0.25, -0.2) is 0 Å². The van der Waals surface area contributed by atoms with E-state index in [1.807, 2.05) is 0 Å². The molecule has 0 bridgehead atoms. The average Bonchev–Trinajstić information content (AvgIpc) is 3.36. The van der Waals surface area contributed by atoms with Crippen molar-refractivity contribution in [3.8, 4) is 0 Å². The summed E-state index contributed by atoms with van der Waals surface area (Å²) in [6, 6.07) is 0. The molecule has 0 aliphatic carbocycles. The van der Waals surface area contributed by atoms with Gasteiger partial charge in [0.1, 0.15) is 95.7 Å². The Kier molecular flexibility index (Phi) is 29.5. The fourth-order valence-corrected chi connectivity index (χ4v) is 12.4. The Labute approximate surface area is 435 Å². The number of aliphatic hydroxyl groups excluding tert-OH is 15. The van der Waals surface area contributed by atoms with Gasteiger partial charge in [0, 0.05) is 50.3 Å². The van der Waals surface area contributed by atoms with Gasteiger partial charge in [-0.2, -0.15) is 11.8 Å². The third-order valence-corrected chi connectivity index (χ3v) is 17.5. The smallest absolute Gasteiger partial charge is 0.183 e. The maximum Gasteiger partial charge on any atom is 0.183 e. The number of thiocarbonyl (C=S) groups is 1. The molecule has 24 nitrogen and oxygen atoms in total. The largest absolute Gasteiger partial charge is 0.394 e. The Balaban J connectivity index is 1.36. The second kappa shape index (κ2) is 32.8. The minimum atomic E-state index is -1.50. The maximum atomic E-state index is 10.5. The van der Waals surface area contributed by atoms with Gasteiger partial charge in [0.05, 0.1) is 57.3 Å². The van der Waals surface area contributed by atoms with E-state index in [9.17, 15) is 76.6 Å². The van der Waals surface area contributed by atoms with Gasteiger partial charge >= 0.3 is 0 Å². The first-order valence-electron chi connectivity index (χ1n) is 23.7. The summed E-state index contributed by atoms with van der Waals surface area (Å²) >= 11 is 10.7. The zero-order valence-corrected chi connectivity index (χ0v) is 43.7. The van der Waals surface area contributed by atoms with Crippen molar-refractivity contribution in [1.29, 1.82) is 0 Å². The predicted octanol–water partition coefficient (Wildman–Crippen LogP) is -5.94. The highest BCUT2D eigenvalue weighted by molar-refractivity contribution is 8.00. The van der Waals surface area contributed by atoms with Crippen LogP contribution in [-0.4, -0.2) is 297 Å². The molecule has 4 rings (SSSR count). The van der Waals surface area contributed by atoms with Crippen LogP contribution in [0.25, 0.3) is 0 Å². The van der Waals surface area contributed by atoms with Crippen molar-refractivity contribution in [2.75, 3.05) is 101 Å². The molecule has 8 unspecified atom stereocenters. The Hall–Kier alpha value is 0.210. The van der Waals surface area contributed by atoms with Crippen molar-refractivity contribution < 1.29 is 110 Å². The molecule has 4 fully saturated rings. The fourth-order valence-electron chi connectivity index (χ4n) is 7.88. The SMILES string of the molecule is C[C@@H]1C(CSCCNC(=S)NCC(COCCCS[C@@H]2OC(CO)[C@@H](O)C(O)[C@@H]2O)(COCCCS[C@@H]2OC(CO)[C@@H](O)C(O)[C@@H]2O)COCCCS[C@@H]2OC(CO)[C@@H](O)C(O)[C@@H]2O)O[C@H](O)[C@@H](O)C1O. The van der Waals surface area contributed by atoms with Crippen molar-refractivity contribution in [3.05, 3.63) is 0 Å². The Morgan fingerprint density at radius 2 is 0.887 bits per heavy atom. The highest BCUT2D eigenvalue weighted by Gasteiger charge is 2.46. The van der Waals surface area contributed by atoms with E-state index in [1.165, 1.54) is 47.0 Å².